The van der Waals surface area contributed by atoms with Gasteiger partial charge in [-0.05, 0) is 31.2 Å². The number of benzene rings is 1. The Bertz CT molecular complexity index is 731. The van der Waals surface area contributed by atoms with Crippen LogP contribution < -0.4 is 0 Å². The summed E-state index contributed by atoms with van der Waals surface area (Å²) >= 11 is 0. The molecule has 1 amide bonds. The highest BCUT2D eigenvalue weighted by Crippen LogP contribution is 2.29. The molecule has 1 aliphatic heterocycles. The first-order valence-corrected chi connectivity index (χ1v) is 8.10. The fourth-order valence-electron chi connectivity index (χ4n) is 3.23. The van der Waals surface area contributed by atoms with Crippen LogP contribution in [0.25, 0.3) is 0 Å². The first-order chi connectivity index (χ1) is 11.9. The van der Waals surface area contributed by atoms with E-state index in [9.17, 15) is 18.0 Å². The van der Waals surface area contributed by atoms with E-state index in [0.29, 0.717) is 12.5 Å². The molecular formula is C18H18F3N3O. The molecule has 0 aliphatic carbocycles. The van der Waals surface area contributed by atoms with Crippen LogP contribution in [0.15, 0.2) is 42.7 Å². The summed E-state index contributed by atoms with van der Waals surface area (Å²) in [4.78, 5) is 20.8. The zero-order valence-electron chi connectivity index (χ0n) is 13.7. The van der Waals surface area contributed by atoms with Gasteiger partial charge in [-0.1, -0.05) is 30.3 Å². The Morgan fingerprint density at radius 3 is 2.44 bits per heavy atom. The number of carbonyl (C=O) groups is 1. The second kappa shape index (κ2) is 6.82. The third-order valence-electron chi connectivity index (χ3n) is 4.67. The quantitative estimate of drug-likeness (QED) is 0.851. The molecule has 0 N–H and O–H groups in total. The highest BCUT2D eigenvalue weighted by Gasteiger charge is 2.36. The highest BCUT2D eigenvalue weighted by atomic mass is 19.4. The second-order valence-electron chi connectivity index (χ2n) is 6.27. The number of amides is 1. The van der Waals surface area contributed by atoms with Gasteiger partial charge in [0.15, 0.2) is 0 Å². The number of carbonyl (C=O) groups excluding carboxylic acids is 1. The molecule has 2 aromatic rings. The SMILES string of the molecule is C[C@@H]1[C@H](Cc2ccccc2)CCN1C(=O)c1cnc(C(F)(F)F)nc1. The number of aromatic nitrogens is 2. The van der Waals surface area contributed by atoms with Crippen molar-refractivity contribution in [2.75, 3.05) is 6.54 Å². The lowest BCUT2D eigenvalue weighted by atomic mass is 9.93. The van der Waals surface area contributed by atoms with Gasteiger partial charge in [-0.2, -0.15) is 13.2 Å². The molecule has 4 nitrogen and oxygen atoms in total. The van der Waals surface area contributed by atoms with E-state index in [1.165, 1.54) is 5.56 Å². The topological polar surface area (TPSA) is 46.1 Å². The Morgan fingerprint density at radius 1 is 1.20 bits per heavy atom. The largest absolute Gasteiger partial charge is 0.451 e. The number of hydrogen-bond acceptors (Lipinski definition) is 3. The van der Waals surface area contributed by atoms with Gasteiger partial charge >= 0.3 is 6.18 Å². The lowest BCUT2D eigenvalue weighted by Gasteiger charge is -2.25. The minimum atomic E-state index is -4.61. The fourth-order valence-corrected chi connectivity index (χ4v) is 3.23. The van der Waals surface area contributed by atoms with Crippen LogP contribution in [-0.4, -0.2) is 33.4 Å². The molecule has 1 aromatic carbocycles. The minimum absolute atomic E-state index is 0.00926. The molecule has 1 aromatic heterocycles. The van der Waals surface area contributed by atoms with Gasteiger partial charge in [-0.3, -0.25) is 4.79 Å². The van der Waals surface area contributed by atoms with Gasteiger partial charge in [0.2, 0.25) is 5.82 Å². The van der Waals surface area contributed by atoms with Crippen molar-refractivity contribution in [3.8, 4) is 0 Å². The first-order valence-electron chi connectivity index (χ1n) is 8.10. The summed E-state index contributed by atoms with van der Waals surface area (Å²) in [6.45, 7) is 2.56. The van der Waals surface area contributed by atoms with Crippen LogP contribution in [0.1, 0.15) is 35.1 Å². The predicted molar refractivity (Wildman–Crippen MR) is 85.8 cm³/mol. The van der Waals surface area contributed by atoms with E-state index in [1.54, 1.807) is 4.90 Å². The normalized spacial score (nSPS) is 20.7. The van der Waals surface area contributed by atoms with Crippen molar-refractivity contribution in [1.82, 2.24) is 14.9 Å². The van der Waals surface area contributed by atoms with Crippen LogP contribution in [-0.2, 0) is 12.6 Å². The third kappa shape index (κ3) is 3.81. The van der Waals surface area contributed by atoms with Gasteiger partial charge < -0.3 is 4.90 Å². The molecule has 25 heavy (non-hydrogen) atoms. The number of halogens is 3. The summed E-state index contributed by atoms with van der Waals surface area (Å²) in [5.74, 6) is -1.24. The summed E-state index contributed by atoms with van der Waals surface area (Å²) < 4.78 is 37.6. The van der Waals surface area contributed by atoms with Gasteiger partial charge in [0, 0.05) is 25.0 Å². The minimum Gasteiger partial charge on any atom is -0.336 e. The molecule has 7 heteroatoms. The molecule has 132 valence electrons. The van der Waals surface area contributed by atoms with Crippen LogP contribution >= 0.6 is 0 Å². The second-order valence-corrected chi connectivity index (χ2v) is 6.27. The molecule has 3 rings (SSSR count). The van der Waals surface area contributed by atoms with Gasteiger partial charge in [0.25, 0.3) is 5.91 Å². The number of rotatable bonds is 3. The lowest BCUT2D eigenvalue weighted by molar-refractivity contribution is -0.145. The average Bonchev–Trinajstić information content (AvgIpc) is 2.95. The molecule has 0 saturated carbocycles. The smallest absolute Gasteiger partial charge is 0.336 e. The Labute approximate surface area is 143 Å². The standard InChI is InChI=1S/C18H18F3N3O/c1-12-14(9-13-5-3-2-4-6-13)7-8-24(12)16(25)15-10-22-17(23-11-15)18(19,20)21/h2-6,10-12,14H,7-9H2,1H3/t12-,14+/m1/s1. The van der Waals surface area contributed by atoms with E-state index in [-0.39, 0.29) is 17.5 Å². The third-order valence-corrected chi connectivity index (χ3v) is 4.67. The monoisotopic (exact) mass is 349 g/mol. The first kappa shape index (κ1) is 17.4. The van der Waals surface area contributed by atoms with Crippen LogP contribution in [0.4, 0.5) is 13.2 Å². The van der Waals surface area contributed by atoms with E-state index in [2.05, 4.69) is 22.1 Å². The van der Waals surface area contributed by atoms with Gasteiger partial charge in [-0.25, -0.2) is 9.97 Å². The van der Waals surface area contributed by atoms with E-state index >= 15 is 0 Å². The maximum atomic E-state index is 12.6. The Hall–Kier alpha value is -2.44. The number of likely N-dealkylation sites (tertiary alicyclic amines) is 1. The molecular weight excluding hydrogens is 331 g/mol. The Morgan fingerprint density at radius 2 is 1.84 bits per heavy atom. The van der Waals surface area contributed by atoms with Crippen LogP contribution in [0.3, 0.4) is 0 Å². The van der Waals surface area contributed by atoms with Gasteiger partial charge in [0.05, 0.1) is 5.56 Å². The summed E-state index contributed by atoms with van der Waals surface area (Å²) in [7, 11) is 0. The van der Waals surface area contributed by atoms with E-state index < -0.39 is 12.0 Å². The summed E-state index contributed by atoms with van der Waals surface area (Å²) in [6, 6.07) is 10.0. The number of hydrogen-bond donors (Lipinski definition) is 0. The molecule has 0 radical (unpaired) electrons. The fraction of sp³-hybridized carbons (Fsp3) is 0.389. The molecule has 1 fully saturated rings. The van der Waals surface area contributed by atoms with Crippen molar-refractivity contribution < 1.29 is 18.0 Å². The summed E-state index contributed by atoms with van der Waals surface area (Å²) in [5, 5.41) is 0. The van der Waals surface area contributed by atoms with Crippen molar-refractivity contribution in [1.29, 1.82) is 0 Å². The zero-order chi connectivity index (χ0) is 18.0. The molecule has 0 spiro atoms. The Balaban J connectivity index is 1.69. The number of alkyl halides is 3. The average molecular weight is 349 g/mol. The maximum Gasteiger partial charge on any atom is 0.451 e. The van der Waals surface area contributed by atoms with E-state index in [0.717, 1.165) is 25.2 Å². The van der Waals surface area contributed by atoms with Crippen LogP contribution in [0.5, 0.6) is 0 Å². The van der Waals surface area contributed by atoms with Crippen LogP contribution in [0.2, 0.25) is 0 Å². The zero-order valence-corrected chi connectivity index (χ0v) is 13.7. The molecule has 0 unspecified atom stereocenters. The molecule has 0 bridgehead atoms. The van der Waals surface area contributed by atoms with Crippen molar-refractivity contribution >= 4 is 5.91 Å². The number of nitrogens with zero attached hydrogens (tertiary/aromatic N) is 3. The summed E-state index contributed by atoms with van der Waals surface area (Å²) in [6.07, 6.45) is -0.966. The van der Waals surface area contributed by atoms with Crippen molar-refractivity contribution in [2.24, 2.45) is 5.92 Å². The van der Waals surface area contributed by atoms with Crippen molar-refractivity contribution in [3.63, 3.8) is 0 Å². The molecule has 1 saturated heterocycles. The van der Waals surface area contributed by atoms with Crippen LogP contribution in [0, 0.1) is 5.92 Å². The summed E-state index contributed by atoms with van der Waals surface area (Å²) in [5.41, 5.74) is 1.30. The molecule has 2 heterocycles. The van der Waals surface area contributed by atoms with Gasteiger partial charge in [-0.15, -0.1) is 0 Å². The van der Waals surface area contributed by atoms with Gasteiger partial charge in [0.1, 0.15) is 0 Å². The van der Waals surface area contributed by atoms with E-state index in [4.69, 9.17) is 0 Å². The lowest BCUT2D eigenvalue weighted by Crippen LogP contribution is -2.36. The van der Waals surface area contributed by atoms with Crippen molar-refractivity contribution in [3.05, 3.63) is 59.7 Å². The maximum absolute atomic E-state index is 12.6. The Kier molecular flexibility index (Phi) is 4.74. The molecule has 2 atom stereocenters. The van der Waals surface area contributed by atoms with E-state index in [1.807, 2.05) is 25.1 Å². The predicted octanol–water partition coefficient (Wildman–Crippen LogP) is 3.59. The molecule has 1 aliphatic rings. The highest BCUT2D eigenvalue weighted by molar-refractivity contribution is 5.94. The van der Waals surface area contributed by atoms with Crippen molar-refractivity contribution in [2.45, 2.75) is 32.0 Å².